The van der Waals surface area contributed by atoms with Crippen molar-refractivity contribution in [2.45, 2.75) is 43.8 Å². The molecule has 5 atom stereocenters. The minimum Gasteiger partial charge on any atom is -0.480 e. The lowest BCUT2D eigenvalue weighted by atomic mass is 10.0. The van der Waals surface area contributed by atoms with Crippen LogP contribution in [-0.4, -0.2) is 80.0 Å². The Morgan fingerprint density at radius 3 is 1.89 bits per heavy atom. The number of rotatable bonds is 7. The third-order valence-electron chi connectivity index (χ3n) is 2.18. The van der Waals surface area contributed by atoms with Gasteiger partial charge in [-0.3, -0.25) is 4.79 Å². The summed E-state index contributed by atoms with van der Waals surface area (Å²) < 4.78 is 0. The number of aldehydes is 1. The molecule has 0 aliphatic carbocycles. The smallest absolute Gasteiger partial charge is 0.320 e. The summed E-state index contributed by atoms with van der Waals surface area (Å²) in [5.74, 6) is -0.928. The van der Waals surface area contributed by atoms with E-state index >= 15 is 0 Å². The Morgan fingerprint density at radius 1 is 1.21 bits per heavy atom. The molecule has 0 spiro atoms. The second-order valence-electron chi connectivity index (χ2n) is 3.71. The Bertz CT molecular complexity index is 262. The van der Waals surface area contributed by atoms with Gasteiger partial charge < -0.3 is 41.2 Å². The van der Waals surface area contributed by atoms with Crippen molar-refractivity contribution in [1.82, 2.24) is 0 Å². The first-order valence-electron chi connectivity index (χ1n) is 5.49. The molecule has 0 fully saturated rings. The lowest BCUT2D eigenvalue weighted by Gasteiger charge is -2.22. The maximum Gasteiger partial charge on any atom is 0.320 e. The SMILES string of the molecule is CCC(N)C(=O)O.O=C[C@H](O)[C@@H](O)[C@H](O)[C@H](O)CO. The highest BCUT2D eigenvalue weighted by molar-refractivity contribution is 5.72. The van der Waals surface area contributed by atoms with E-state index in [0.717, 1.165) is 0 Å². The zero-order valence-corrected chi connectivity index (χ0v) is 10.5. The third kappa shape index (κ3) is 8.59. The first kappa shape index (κ1) is 20.2. The van der Waals surface area contributed by atoms with Crippen molar-refractivity contribution in [2.24, 2.45) is 5.73 Å². The van der Waals surface area contributed by atoms with Crippen LogP contribution in [0.5, 0.6) is 0 Å². The predicted molar refractivity (Wildman–Crippen MR) is 63.1 cm³/mol. The average molecular weight is 283 g/mol. The number of nitrogens with two attached hydrogens (primary N) is 1. The quantitative estimate of drug-likeness (QED) is 0.232. The highest BCUT2D eigenvalue weighted by Gasteiger charge is 2.29. The first-order valence-corrected chi connectivity index (χ1v) is 5.49. The van der Waals surface area contributed by atoms with E-state index in [1.165, 1.54) is 0 Å². The van der Waals surface area contributed by atoms with Crippen LogP contribution in [0.25, 0.3) is 0 Å². The minimum atomic E-state index is -1.79. The number of carboxylic acid groups (broad SMARTS) is 1. The van der Waals surface area contributed by atoms with E-state index in [1.54, 1.807) is 6.92 Å². The molecule has 0 aromatic carbocycles. The topological polar surface area (TPSA) is 182 Å². The molecular weight excluding hydrogens is 262 g/mol. The minimum absolute atomic E-state index is 0.0258. The molecule has 9 heteroatoms. The van der Waals surface area contributed by atoms with Crippen molar-refractivity contribution < 1.29 is 40.2 Å². The molecule has 0 bridgehead atoms. The number of carbonyl (C=O) groups is 2. The third-order valence-corrected chi connectivity index (χ3v) is 2.18. The van der Waals surface area contributed by atoms with Gasteiger partial charge in [-0.25, -0.2) is 0 Å². The first-order chi connectivity index (χ1) is 8.72. The van der Waals surface area contributed by atoms with Gasteiger partial charge in [-0.05, 0) is 6.42 Å². The molecule has 0 aliphatic rings. The summed E-state index contributed by atoms with van der Waals surface area (Å²) in [4.78, 5) is 19.7. The Balaban J connectivity index is 0. The van der Waals surface area contributed by atoms with E-state index in [2.05, 4.69) is 0 Å². The van der Waals surface area contributed by atoms with Crippen LogP contribution in [0.15, 0.2) is 0 Å². The van der Waals surface area contributed by atoms with Gasteiger partial charge >= 0.3 is 5.97 Å². The summed E-state index contributed by atoms with van der Waals surface area (Å²) in [6.45, 7) is 0.975. The second kappa shape index (κ2) is 10.8. The van der Waals surface area contributed by atoms with Crippen LogP contribution in [-0.2, 0) is 9.59 Å². The highest BCUT2D eigenvalue weighted by Crippen LogP contribution is 2.02. The van der Waals surface area contributed by atoms with Crippen molar-refractivity contribution in [3.8, 4) is 0 Å². The number of hydrogen-bond acceptors (Lipinski definition) is 8. The molecule has 8 N–H and O–H groups in total. The van der Waals surface area contributed by atoms with Gasteiger partial charge in [0.2, 0.25) is 0 Å². The average Bonchev–Trinajstić information content (AvgIpc) is 2.43. The van der Waals surface area contributed by atoms with Crippen molar-refractivity contribution in [3.05, 3.63) is 0 Å². The van der Waals surface area contributed by atoms with Crippen LogP contribution in [0.4, 0.5) is 0 Å². The van der Waals surface area contributed by atoms with Gasteiger partial charge in [-0.1, -0.05) is 6.92 Å². The molecule has 0 saturated heterocycles. The van der Waals surface area contributed by atoms with Crippen molar-refractivity contribution >= 4 is 12.3 Å². The molecule has 0 aromatic rings. The molecular formula is C10H21NO8. The number of carboxylic acids is 1. The van der Waals surface area contributed by atoms with Gasteiger partial charge in [-0.2, -0.15) is 0 Å². The van der Waals surface area contributed by atoms with Crippen LogP contribution in [0.3, 0.4) is 0 Å². The molecule has 1 unspecified atom stereocenters. The van der Waals surface area contributed by atoms with Crippen LogP contribution in [0, 0.1) is 0 Å². The van der Waals surface area contributed by atoms with Gasteiger partial charge in [-0.15, -0.1) is 0 Å². The van der Waals surface area contributed by atoms with Gasteiger partial charge in [0.15, 0.2) is 6.29 Å². The summed E-state index contributed by atoms with van der Waals surface area (Å²) >= 11 is 0. The van der Waals surface area contributed by atoms with E-state index in [-0.39, 0.29) is 6.29 Å². The highest BCUT2D eigenvalue weighted by atomic mass is 16.4. The monoisotopic (exact) mass is 283 g/mol. The Labute approximate surface area is 109 Å². The van der Waals surface area contributed by atoms with E-state index in [4.69, 9.17) is 36.4 Å². The lowest BCUT2D eigenvalue weighted by Crippen LogP contribution is -2.46. The number of aliphatic carboxylic acids is 1. The van der Waals surface area contributed by atoms with Crippen LogP contribution in [0.2, 0.25) is 0 Å². The standard InChI is InChI=1S/C6H12O6.C4H9NO2/c7-1-3(9)5(11)6(12)4(10)2-8;1-2-3(5)4(6)7/h1,3-6,8-12H,2H2;3H,2,5H2,1H3,(H,6,7)/t3-,4+,5+,6+;/m0./s1. The van der Waals surface area contributed by atoms with E-state index in [0.29, 0.717) is 6.42 Å². The second-order valence-corrected chi connectivity index (χ2v) is 3.71. The van der Waals surface area contributed by atoms with Crippen molar-refractivity contribution in [3.63, 3.8) is 0 Å². The molecule has 114 valence electrons. The summed E-state index contributed by atoms with van der Waals surface area (Å²) in [5, 5.41) is 51.6. The van der Waals surface area contributed by atoms with Gasteiger partial charge in [0.1, 0.15) is 30.5 Å². The van der Waals surface area contributed by atoms with E-state index in [9.17, 15) is 9.59 Å². The van der Waals surface area contributed by atoms with E-state index < -0.39 is 43.0 Å². The van der Waals surface area contributed by atoms with Gasteiger partial charge in [0.05, 0.1) is 6.61 Å². The van der Waals surface area contributed by atoms with Gasteiger partial charge in [0, 0.05) is 0 Å². The largest absolute Gasteiger partial charge is 0.480 e. The Morgan fingerprint density at radius 2 is 1.68 bits per heavy atom. The normalized spacial score (nSPS) is 18.3. The maximum atomic E-state index is 9.90. The summed E-state index contributed by atoms with van der Waals surface area (Å²) in [5.41, 5.74) is 5.02. The van der Waals surface area contributed by atoms with E-state index in [1.807, 2.05) is 0 Å². The molecule has 0 heterocycles. The Kier molecular flexibility index (Phi) is 11.5. The number of carbonyl (C=O) groups excluding carboxylic acids is 1. The van der Waals surface area contributed by atoms with Crippen LogP contribution < -0.4 is 5.73 Å². The number of hydrogen-bond donors (Lipinski definition) is 7. The molecule has 0 radical (unpaired) electrons. The number of aliphatic hydroxyl groups excluding tert-OH is 5. The van der Waals surface area contributed by atoms with Crippen LogP contribution in [0.1, 0.15) is 13.3 Å². The lowest BCUT2D eigenvalue weighted by molar-refractivity contribution is -0.138. The Hall–Kier alpha value is -1.10. The zero-order chi connectivity index (χ0) is 15.6. The fourth-order valence-corrected chi connectivity index (χ4v) is 0.793. The molecule has 0 rings (SSSR count). The van der Waals surface area contributed by atoms with Gasteiger partial charge in [0.25, 0.3) is 0 Å². The summed E-state index contributed by atoms with van der Waals surface area (Å²) in [7, 11) is 0. The zero-order valence-electron chi connectivity index (χ0n) is 10.5. The summed E-state index contributed by atoms with van der Waals surface area (Å²) in [6.07, 6.45) is -6.34. The molecule has 0 aromatic heterocycles. The van der Waals surface area contributed by atoms with Crippen molar-refractivity contribution in [1.29, 1.82) is 0 Å². The fourth-order valence-electron chi connectivity index (χ4n) is 0.793. The van der Waals surface area contributed by atoms with Crippen molar-refractivity contribution in [2.75, 3.05) is 6.61 Å². The molecule has 0 amide bonds. The molecule has 0 saturated carbocycles. The molecule has 19 heavy (non-hydrogen) atoms. The van der Waals surface area contributed by atoms with Crippen LogP contribution >= 0.6 is 0 Å². The maximum absolute atomic E-state index is 9.90. The summed E-state index contributed by atoms with van der Waals surface area (Å²) in [6, 6.07) is -0.681. The number of aliphatic hydroxyl groups is 5. The fraction of sp³-hybridized carbons (Fsp3) is 0.800. The molecule has 0 aliphatic heterocycles. The predicted octanol–water partition coefficient (Wildman–Crippen LogP) is -3.57. The molecule has 9 nitrogen and oxygen atoms in total.